The van der Waals surface area contributed by atoms with E-state index in [4.69, 9.17) is 4.74 Å². The predicted octanol–water partition coefficient (Wildman–Crippen LogP) is 4.36. The molecule has 0 aliphatic carbocycles. The second kappa shape index (κ2) is 15.2. The number of aliphatic imine (C=N–C) groups is 1. The molecule has 0 saturated carbocycles. The average Bonchev–Trinajstić information content (AvgIpc) is 2.81. The van der Waals surface area contributed by atoms with Crippen molar-refractivity contribution in [3.63, 3.8) is 0 Å². The molecular weight excluding hydrogens is 537 g/mol. The van der Waals surface area contributed by atoms with Gasteiger partial charge in [-0.2, -0.15) is 0 Å². The van der Waals surface area contributed by atoms with Crippen molar-refractivity contribution in [2.24, 2.45) is 4.99 Å². The second-order valence-corrected chi connectivity index (χ2v) is 8.10. The first-order chi connectivity index (χ1) is 15.6. The third kappa shape index (κ3) is 9.93. The van der Waals surface area contributed by atoms with Crippen LogP contribution in [0, 0.1) is 11.6 Å². The smallest absolute Gasteiger partial charge is 0.190 e. The lowest BCUT2D eigenvalue weighted by Gasteiger charge is -2.32. The first kappa shape index (κ1) is 27.5. The molecule has 5 nitrogen and oxygen atoms in total. The molecule has 0 radical (unpaired) electrons. The summed E-state index contributed by atoms with van der Waals surface area (Å²) in [6.45, 7) is 5.13. The molecule has 0 atom stereocenters. The Hall–Kier alpha value is -1.78. The molecule has 1 fully saturated rings. The summed E-state index contributed by atoms with van der Waals surface area (Å²) in [6, 6.07) is 14.3. The second-order valence-electron chi connectivity index (χ2n) is 8.10. The molecule has 1 aliphatic rings. The third-order valence-electron chi connectivity index (χ3n) is 5.68. The lowest BCUT2D eigenvalue weighted by Crippen LogP contribution is -2.39. The summed E-state index contributed by atoms with van der Waals surface area (Å²) in [7, 11) is 1.70. The largest absolute Gasteiger partial charge is 0.378 e. The van der Waals surface area contributed by atoms with E-state index in [1.165, 1.54) is 17.7 Å². The first-order valence-electron chi connectivity index (χ1n) is 11.4. The van der Waals surface area contributed by atoms with Crippen molar-refractivity contribution in [3.05, 3.63) is 71.3 Å². The van der Waals surface area contributed by atoms with Gasteiger partial charge in [-0.1, -0.05) is 36.4 Å². The minimum Gasteiger partial charge on any atom is -0.378 e. The number of hydrogen-bond acceptors (Lipinski definition) is 3. The molecule has 2 aromatic rings. The van der Waals surface area contributed by atoms with Crippen LogP contribution in [0.4, 0.5) is 8.78 Å². The quantitative estimate of drug-likeness (QED) is 0.192. The van der Waals surface area contributed by atoms with Gasteiger partial charge in [-0.05, 0) is 42.9 Å². The highest BCUT2D eigenvalue weighted by atomic mass is 127. The zero-order valence-corrected chi connectivity index (χ0v) is 21.6. The lowest BCUT2D eigenvalue weighted by molar-refractivity contribution is 0.00534. The van der Waals surface area contributed by atoms with Crippen molar-refractivity contribution < 1.29 is 13.5 Å². The van der Waals surface area contributed by atoms with Gasteiger partial charge < -0.3 is 15.4 Å². The van der Waals surface area contributed by atoms with Gasteiger partial charge in [-0.25, -0.2) is 8.78 Å². The van der Waals surface area contributed by atoms with Crippen molar-refractivity contribution >= 4 is 29.9 Å². The van der Waals surface area contributed by atoms with Crippen molar-refractivity contribution in [1.82, 2.24) is 15.5 Å². The monoisotopic (exact) mass is 572 g/mol. The number of ether oxygens (including phenoxy) is 1. The number of rotatable bonds is 10. The van der Waals surface area contributed by atoms with Gasteiger partial charge in [0, 0.05) is 52.4 Å². The van der Waals surface area contributed by atoms with Gasteiger partial charge in [0.15, 0.2) is 5.96 Å². The van der Waals surface area contributed by atoms with Crippen LogP contribution in [0.2, 0.25) is 0 Å². The fourth-order valence-electron chi connectivity index (χ4n) is 3.87. The fourth-order valence-corrected chi connectivity index (χ4v) is 3.87. The summed E-state index contributed by atoms with van der Waals surface area (Å²) >= 11 is 0. The molecule has 0 bridgehead atoms. The maximum atomic E-state index is 13.7. The van der Waals surface area contributed by atoms with Crippen LogP contribution in [0.15, 0.2) is 53.5 Å². The van der Waals surface area contributed by atoms with Gasteiger partial charge in [-0.3, -0.25) is 9.89 Å². The SMILES string of the molecule is CN=C(NCCCOC1CCN(Cc2ccccc2)CC1)NCCc1ccc(F)cc1F.I. The molecule has 1 heterocycles. The zero-order valence-electron chi connectivity index (χ0n) is 19.2. The molecule has 1 saturated heterocycles. The summed E-state index contributed by atoms with van der Waals surface area (Å²) in [5.74, 6) is -0.406. The molecule has 0 spiro atoms. The fraction of sp³-hybridized carbons (Fsp3) is 0.480. The molecule has 3 rings (SSSR count). The van der Waals surface area contributed by atoms with Crippen molar-refractivity contribution in [1.29, 1.82) is 0 Å². The molecule has 182 valence electrons. The topological polar surface area (TPSA) is 48.9 Å². The molecule has 0 amide bonds. The number of hydrogen-bond donors (Lipinski definition) is 2. The Morgan fingerprint density at radius 1 is 1.06 bits per heavy atom. The summed E-state index contributed by atoms with van der Waals surface area (Å²) in [5, 5.41) is 6.41. The van der Waals surface area contributed by atoms with Crippen molar-refractivity contribution in [2.75, 3.05) is 39.8 Å². The molecule has 1 aliphatic heterocycles. The van der Waals surface area contributed by atoms with E-state index in [1.54, 1.807) is 7.05 Å². The molecular formula is C25H35F2IN4O. The number of benzene rings is 2. The minimum absolute atomic E-state index is 0. The van der Waals surface area contributed by atoms with Crippen LogP contribution in [-0.2, 0) is 17.7 Å². The Labute approximate surface area is 213 Å². The van der Waals surface area contributed by atoms with E-state index in [1.807, 2.05) is 0 Å². The number of likely N-dealkylation sites (tertiary alicyclic amines) is 1. The highest BCUT2D eigenvalue weighted by molar-refractivity contribution is 14.0. The molecule has 0 aromatic heterocycles. The standard InChI is InChI=1S/C25H34F2N4O.HI/c1-28-25(30-14-10-21-8-9-22(26)18-24(21)27)29-13-5-17-32-23-11-15-31(16-12-23)19-20-6-3-2-4-7-20;/h2-4,6-9,18,23H,5,10-17,19H2,1H3,(H2,28,29,30);1H. The van der Waals surface area contributed by atoms with Crippen molar-refractivity contribution in [3.8, 4) is 0 Å². The van der Waals surface area contributed by atoms with Crippen LogP contribution >= 0.6 is 24.0 Å². The number of halogens is 3. The van der Waals surface area contributed by atoms with Crippen LogP contribution in [-0.4, -0.2) is 56.8 Å². The Kier molecular flexibility index (Phi) is 12.6. The van der Waals surface area contributed by atoms with Gasteiger partial charge >= 0.3 is 0 Å². The Morgan fingerprint density at radius 2 is 1.79 bits per heavy atom. The molecule has 2 aromatic carbocycles. The normalized spacial score (nSPS) is 15.2. The zero-order chi connectivity index (χ0) is 22.6. The van der Waals surface area contributed by atoms with Crippen LogP contribution in [0.3, 0.4) is 0 Å². The van der Waals surface area contributed by atoms with Gasteiger partial charge in [0.05, 0.1) is 6.10 Å². The van der Waals surface area contributed by atoms with E-state index in [0.717, 1.165) is 51.5 Å². The van der Waals surface area contributed by atoms with E-state index >= 15 is 0 Å². The van der Waals surface area contributed by atoms with Gasteiger partial charge in [0.25, 0.3) is 0 Å². The molecule has 2 N–H and O–H groups in total. The summed E-state index contributed by atoms with van der Waals surface area (Å²) < 4.78 is 32.7. The van der Waals surface area contributed by atoms with E-state index in [0.29, 0.717) is 37.2 Å². The number of piperidine rings is 1. The Morgan fingerprint density at radius 3 is 2.48 bits per heavy atom. The lowest BCUT2D eigenvalue weighted by atomic mass is 10.1. The van der Waals surface area contributed by atoms with Crippen LogP contribution in [0.1, 0.15) is 30.4 Å². The van der Waals surface area contributed by atoms with Gasteiger partial charge in [0.2, 0.25) is 0 Å². The number of nitrogens with zero attached hydrogens (tertiary/aromatic N) is 2. The maximum Gasteiger partial charge on any atom is 0.190 e. The maximum absolute atomic E-state index is 13.7. The summed E-state index contributed by atoms with van der Waals surface area (Å²) in [5.41, 5.74) is 1.85. The number of guanidine groups is 1. The Balaban J connectivity index is 0.00000385. The minimum atomic E-state index is -0.559. The predicted molar refractivity (Wildman–Crippen MR) is 140 cm³/mol. The van der Waals surface area contributed by atoms with E-state index in [2.05, 4.69) is 50.9 Å². The van der Waals surface area contributed by atoms with Gasteiger partial charge in [0.1, 0.15) is 11.6 Å². The molecule has 0 unspecified atom stereocenters. The van der Waals surface area contributed by atoms with E-state index in [9.17, 15) is 8.78 Å². The molecule has 33 heavy (non-hydrogen) atoms. The highest BCUT2D eigenvalue weighted by Gasteiger charge is 2.19. The van der Waals surface area contributed by atoms with Crippen molar-refractivity contribution in [2.45, 2.75) is 38.3 Å². The van der Waals surface area contributed by atoms with Crippen LogP contribution < -0.4 is 10.6 Å². The average molecular weight is 572 g/mol. The number of nitrogens with one attached hydrogen (secondary N) is 2. The van der Waals surface area contributed by atoms with E-state index < -0.39 is 11.6 Å². The van der Waals surface area contributed by atoms with Crippen LogP contribution in [0.25, 0.3) is 0 Å². The van der Waals surface area contributed by atoms with Gasteiger partial charge in [-0.15, -0.1) is 24.0 Å². The Bertz CT molecular complexity index is 846. The van der Waals surface area contributed by atoms with Crippen LogP contribution in [0.5, 0.6) is 0 Å². The first-order valence-corrected chi connectivity index (χ1v) is 11.4. The highest BCUT2D eigenvalue weighted by Crippen LogP contribution is 2.16. The van der Waals surface area contributed by atoms with E-state index in [-0.39, 0.29) is 24.0 Å². The third-order valence-corrected chi connectivity index (χ3v) is 5.68. The summed E-state index contributed by atoms with van der Waals surface area (Å²) in [4.78, 5) is 6.67. The summed E-state index contributed by atoms with van der Waals surface area (Å²) in [6.07, 6.45) is 3.83. The molecule has 8 heteroatoms.